The van der Waals surface area contributed by atoms with Gasteiger partial charge >= 0.3 is 6.18 Å². The van der Waals surface area contributed by atoms with Gasteiger partial charge in [0.05, 0.1) is 43.1 Å². The number of carbonyl (C=O) groups is 1. The zero-order valence-electron chi connectivity index (χ0n) is 19.1. The Morgan fingerprint density at radius 3 is 2.32 bits per heavy atom. The van der Waals surface area contributed by atoms with Gasteiger partial charge in [-0.05, 0) is 17.7 Å². The van der Waals surface area contributed by atoms with E-state index in [0.29, 0.717) is 5.69 Å². The Morgan fingerprint density at radius 2 is 1.76 bits per heavy atom. The van der Waals surface area contributed by atoms with Gasteiger partial charge < -0.3 is 9.47 Å². The molecule has 2 aromatic carbocycles. The third kappa shape index (κ3) is 4.35. The van der Waals surface area contributed by atoms with E-state index in [1.165, 1.54) is 14.2 Å². The standard InChI is InChI=1S/C24H23F3N4O3/c1-14(24(25,26)27)7-20(32)23-21(33-3)9-17(10-22(23)34-4)31-13-28-18-8-15(5-6-19(18)31)16-11-29-30(2)12-16/h5-6,8-14H,7H2,1-4H3/t14-/m1/s1. The normalized spacial score (nSPS) is 12.7. The van der Waals surface area contributed by atoms with E-state index in [-0.39, 0.29) is 17.1 Å². The van der Waals surface area contributed by atoms with Crippen molar-refractivity contribution in [2.75, 3.05) is 14.2 Å². The fourth-order valence-electron chi connectivity index (χ4n) is 3.78. The molecule has 0 radical (unpaired) electrons. The number of carbonyl (C=O) groups excluding carboxylic acids is 1. The van der Waals surface area contributed by atoms with Crippen LogP contribution in [0.3, 0.4) is 0 Å². The van der Waals surface area contributed by atoms with Crippen LogP contribution in [0.15, 0.2) is 49.1 Å². The summed E-state index contributed by atoms with van der Waals surface area (Å²) in [5.41, 5.74) is 4.01. The Morgan fingerprint density at radius 1 is 1.09 bits per heavy atom. The van der Waals surface area contributed by atoms with E-state index >= 15 is 0 Å². The number of ketones is 1. The second-order valence-electron chi connectivity index (χ2n) is 8.02. The van der Waals surface area contributed by atoms with Crippen molar-refractivity contribution in [1.29, 1.82) is 0 Å². The minimum atomic E-state index is -4.47. The summed E-state index contributed by atoms with van der Waals surface area (Å²) in [5.74, 6) is -2.24. The number of ether oxygens (including phenoxy) is 2. The molecule has 178 valence electrons. The quantitative estimate of drug-likeness (QED) is 0.345. The number of rotatable bonds is 7. The Hall–Kier alpha value is -3.82. The molecule has 4 aromatic rings. The maximum Gasteiger partial charge on any atom is 0.391 e. The second-order valence-corrected chi connectivity index (χ2v) is 8.02. The molecule has 0 saturated heterocycles. The molecule has 0 amide bonds. The van der Waals surface area contributed by atoms with Gasteiger partial charge in [0.15, 0.2) is 5.78 Å². The number of aromatic nitrogens is 4. The molecule has 0 aliphatic rings. The van der Waals surface area contributed by atoms with Gasteiger partial charge in [0.25, 0.3) is 0 Å². The molecule has 2 heterocycles. The number of halogens is 3. The molecule has 0 saturated carbocycles. The van der Waals surface area contributed by atoms with E-state index < -0.39 is 24.3 Å². The van der Waals surface area contributed by atoms with E-state index in [1.807, 2.05) is 31.4 Å². The first kappa shape index (κ1) is 23.3. The highest BCUT2D eigenvalue weighted by molar-refractivity contribution is 6.02. The van der Waals surface area contributed by atoms with E-state index in [0.717, 1.165) is 29.1 Å². The van der Waals surface area contributed by atoms with Crippen molar-refractivity contribution >= 4 is 16.8 Å². The van der Waals surface area contributed by atoms with E-state index in [2.05, 4.69) is 10.1 Å². The zero-order chi connectivity index (χ0) is 24.6. The maximum atomic E-state index is 13.0. The number of benzene rings is 2. The summed E-state index contributed by atoms with van der Waals surface area (Å²) in [6.07, 6.45) is 0.118. The van der Waals surface area contributed by atoms with Gasteiger partial charge in [-0.3, -0.25) is 14.0 Å². The van der Waals surface area contributed by atoms with Crippen LogP contribution in [0.25, 0.3) is 27.8 Å². The molecule has 0 aliphatic carbocycles. The highest BCUT2D eigenvalue weighted by Crippen LogP contribution is 2.37. The summed E-state index contributed by atoms with van der Waals surface area (Å²) >= 11 is 0. The number of Topliss-reactive ketones (excluding diaryl/α,β-unsaturated/α-hetero) is 1. The molecule has 4 rings (SSSR count). The summed E-state index contributed by atoms with van der Waals surface area (Å²) in [5, 5.41) is 4.19. The minimum absolute atomic E-state index is 0.0202. The lowest BCUT2D eigenvalue weighted by Gasteiger charge is -2.18. The summed E-state index contributed by atoms with van der Waals surface area (Å²) in [4.78, 5) is 17.2. The first-order chi connectivity index (χ1) is 16.1. The monoisotopic (exact) mass is 472 g/mol. The van der Waals surface area contributed by atoms with Gasteiger partial charge in [0.2, 0.25) is 0 Å². The lowest BCUT2D eigenvalue weighted by molar-refractivity contribution is -0.168. The third-order valence-corrected chi connectivity index (χ3v) is 5.68. The van der Waals surface area contributed by atoms with Gasteiger partial charge in [0, 0.05) is 37.4 Å². The Balaban J connectivity index is 1.74. The molecular weight excluding hydrogens is 449 g/mol. The number of fused-ring (bicyclic) bond motifs is 1. The summed E-state index contributed by atoms with van der Waals surface area (Å²) in [6, 6.07) is 8.97. The fourth-order valence-corrected chi connectivity index (χ4v) is 3.78. The van der Waals surface area contributed by atoms with Crippen LogP contribution >= 0.6 is 0 Å². The number of nitrogens with zero attached hydrogens (tertiary/aromatic N) is 4. The molecular formula is C24H23F3N4O3. The SMILES string of the molecule is COc1cc(-n2cnc3cc(-c4cnn(C)c4)ccc32)cc(OC)c1C(=O)C[C@@H](C)C(F)(F)F. The molecule has 0 N–H and O–H groups in total. The smallest absolute Gasteiger partial charge is 0.391 e. The van der Waals surface area contributed by atoms with Gasteiger partial charge in [-0.1, -0.05) is 13.0 Å². The van der Waals surface area contributed by atoms with Crippen LogP contribution in [-0.2, 0) is 7.05 Å². The maximum absolute atomic E-state index is 13.0. The predicted octanol–water partition coefficient (Wildman–Crippen LogP) is 5.21. The summed E-state index contributed by atoms with van der Waals surface area (Å²) < 4.78 is 53.3. The molecule has 0 aliphatic heterocycles. The largest absolute Gasteiger partial charge is 0.496 e. The third-order valence-electron chi connectivity index (χ3n) is 5.68. The van der Waals surface area contributed by atoms with Gasteiger partial charge in [-0.15, -0.1) is 0 Å². The van der Waals surface area contributed by atoms with E-state index in [9.17, 15) is 18.0 Å². The number of hydrogen-bond donors (Lipinski definition) is 0. The van der Waals surface area contributed by atoms with Crippen LogP contribution in [0.1, 0.15) is 23.7 Å². The van der Waals surface area contributed by atoms with Crippen LogP contribution in [0.4, 0.5) is 13.2 Å². The van der Waals surface area contributed by atoms with Gasteiger partial charge in [-0.25, -0.2) is 4.98 Å². The van der Waals surface area contributed by atoms with Crippen molar-refractivity contribution < 1.29 is 27.4 Å². The van der Waals surface area contributed by atoms with Crippen LogP contribution in [0.5, 0.6) is 11.5 Å². The second kappa shape index (κ2) is 8.85. The van der Waals surface area contributed by atoms with Crippen molar-refractivity contribution in [2.24, 2.45) is 13.0 Å². The lowest BCUT2D eigenvalue weighted by Crippen LogP contribution is -2.23. The molecule has 0 fully saturated rings. The number of imidazole rings is 1. The number of alkyl halides is 3. The molecule has 0 unspecified atom stereocenters. The molecule has 0 spiro atoms. The van der Waals surface area contributed by atoms with E-state index in [4.69, 9.17) is 9.47 Å². The molecule has 10 heteroatoms. The molecule has 2 aromatic heterocycles. The molecule has 0 bridgehead atoms. The molecule has 7 nitrogen and oxygen atoms in total. The van der Waals surface area contributed by atoms with E-state index in [1.54, 1.807) is 33.9 Å². The Labute approximate surface area is 193 Å². The van der Waals surface area contributed by atoms with Crippen molar-refractivity contribution in [3.05, 3.63) is 54.6 Å². The highest BCUT2D eigenvalue weighted by Gasteiger charge is 2.38. The Kier molecular flexibility index (Phi) is 6.07. The van der Waals surface area contributed by atoms with Crippen LogP contribution in [-0.4, -0.2) is 45.5 Å². The number of hydrogen-bond acceptors (Lipinski definition) is 5. The van der Waals surface area contributed by atoms with Crippen molar-refractivity contribution in [2.45, 2.75) is 19.5 Å². The van der Waals surface area contributed by atoms with Crippen LogP contribution in [0.2, 0.25) is 0 Å². The van der Waals surface area contributed by atoms with Crippen molar-refractivity contribution in [1.82, 2.24) is 19.3 Å². The predicted molar refractivity (Wildman–Crippen MR) is 121 cm³/mol. The summed E-state index contributed by atoms with van der Waals surface area (Å²) in [7, 11) is 4.55. The average Bonchev–Trinajstić information content (AvgIpc) is 3.43. The first-order valence-corrected chi connectivity index (χ1v) is 10.4. The summed E-state index contributed by atoms with van der Waals surface area (Å²) in [6.45, 7) is 0.975. The fraction of sp³-hybridized carbons (Fsp3) is 0.292. The topological polar surface area (TPSA) is 71.2 Å². The van der Waals surface area contributed by atoms with Gasteiger partial charge in [0.1, 0.15) is 23.4 Å². The minimum Gasteiger partial charge on any atom is -0.496 e. The molecule has 34 heavy (non-hydrogen) atoms. The van der Waals surface area contributed by atoms with Crippen molar-refractivity contribution in [3.8, 4) is 28.3 Å². The van der Waals surface area contributed by atoms with Crippen LogP contribution < -0.4 is 9.47 Å². The van der Waals surface area contributed by atoms with Crippen LogP contribution in [0, 0.1) is 5.92 Å². The lowest BCUT2D eigenvalue weighted by atomic mass is 9.97. The number of aryl methyl sites for hydroxylation is 1. The average molecular weight is 472 g/mol. The molecule has 1 atom stereocenters. The number of methoxy groups -OCH3 is 2. The van der Waals surface area contributed by atoms with Gasteiger partial charge in [-0.2, -0.15) is 18.3 Å². The Bertz CT molecular complexity index is 1330. The highest BCUT2D eigenvalue weighted by atomic mass is 19.4. The van der Waals surface area contributed by atoms with Crippen molar-refractivity contribution in [3.63, 3.8) is 0 Å². The first-order valence-electron chi connectivity index (χ1n) is 10.4. The zero-order valence-corrected chi connectivity index (χ0v) is 19.1.